The Morgan fingerprint density at radius 2 is 1.82 bits per heavy atom. The van der Waals surface area contributed by atoms with Gasteiger partial charge in [-0.25, -0.2) is 23.2 Å². The van der Waals surface area contributed by atoms with Gasteiger partial charge in [-0.1, -0.05) is 49.4 Å². The molecule has 2 aromatic heterocycles. The first-order valence-corrected chi connectivity index (χ1v) is 13.4. The number of nitrogens with zero attached hydrogens (tertiary/aromatic N) is 6. The summed E-state index contributed by atoms with van der Waals surface area (Å²) in [5.41, 5.74) is 1.39. The minimum absolute atomic E-state index is 0.0535. The van der Waals surface area contributed by atoms with Crippen molar-refractivity contribution in [1.29, 1.82) is 0 Å². The molecule has 0 aliphatic rings. The van der Waals surface area contributed by atoms with Crippen molar-refractivity contribution >= 4 is 32.7 Å². The second-order valence-electron chi connectivity index (χ2n) is 7.77. The van der Waals surface area contributed by atoms with E-state index in [0.717, 1.165) is 30.8 Å². The zero-order valence-electron chi connectivity index (χ0n) is 18.7. The minimum Gasteiger partial charge on any atom is -0.287 e. The van der Waals surface area contributed by atoms with Crippen molar-refractivity contribution in [3.8, 4) is 0 Å². The summed E-state index contributed by atoms with van der Waals surface area (Å²) < 4.78 is 26.4. The molecule has 0 atom stereocenters. The van der Waals surface area contributed by atoms with Crippen LogP contribution in [0.15, 0.2) is 63.4 Å². The number of sulfonamides is 1. The molecule has 4 aromatic rings. The average Bonchev–Trinajstić information content (AvgIpc) is 3.28. The quantitative estimate of drug-likeness (QED) is 0.259. The van der Waals surface area contributed by atoms with E-state index in [1.165, 1.54) is 23.9 Å². The maximum Gasteiger partial charge on any atom is 0.262 e. The van der Waals surface area contributed by atoms with Crippen LogP contribution in [0.4, 0.5) is 0 Å². The summed E-state index contributed by atoms with van der Waals surface area (Å²) in [6.45, 7) is 3.24. The number of aromatic nitrogens is 6. The van der Waals surface area contributed by atoms with E-state index in [1.807, 2.05) is 18.2 Å². The summed E-state index contributed by atoms with van der Waals surface area (Å²) in [5, 5.41) is 18.3. The molecule has 0 fully saturated rings. The van der Waals surface area contributed by atoms with E-state index in [4.69, 9.17) is 10.1 Å². The number of aryl methyl sites for hydroxylation is 2. The number of fused-ring (bicyclic) bond motifs is 1. The molecule has 0 aliphatic heterocycles. The van der Waals surface area contributed by atoms with Gasteiger partial charge in [0.05, 0.1) is 21.6 Å². The molecule has 2 aromatic carbocycles. The fourth-order valence-electron chi connectivity index (χ4n) is 3.48. The number of thioether (sulfide) groups is 1. The molecule has 12 heteroatoms. The smallest absolute Gasteiger partial charge is 0.262 e. The molecule has 0 bridgehead atoms. The van der Waals surface area contributed by atoms with Crippen LogP contribution in [0.2, 0.25) is 0 Å². The lowest BCUT2D eigenvalue weighted by molar-refractivity contribution is 0.540. The van der Waals surface area contributed by atoms with E-state index >= 15 is 0 Å². The van der Waals surface area contributed by atoms with Crippen LogP contribution in [0.25, 0.3) is 10.9 Å². The van der Waals surface area contributed by atoms with Crippen LogP contribution < -0.4 is 10.7 Å². The van der Waals surface area contributed by atoms with Gasteiger partial charge in [0.15, 0.2) is 11.0 Å². The van der Waals surface area contributed by atoms with Gasteiger partial charge in [-0.05, 0) is 53.1 Å². The standard InChI is InChI=1S/C22H25N7O3S2/c1-2-3-13-29-20(25-26-27-29)15-33-22-24-19-7-5-4-6-18(19)21(30)28(22)14-12-16-8-10-17(11-9-16)34(23,31)32/h4-11H,2-3,12-15H2,1H3,(H2,23,31,32). The molecule has 4 rings (SSSR count). The largest absolute Gasteiger partial charge is 0.287 e. The summed E-state index contributed by atoms with van der Waals surface area (Å²) in [6, 6.07) is 13.6. The van der Waals surface area contributed by atoms with Gasteiger partial charge >= 0.3 is 0 Å². The number of hydrogen-bond acceptors (Lipinski definition) is 8. The van der Waals surface area contributed by atoms with Crippen molar-refractivity contribution < 1.29 is 8.42 Å². The van der Waals surface area contributed by atoms with E-state index in [9.17, 15) is 13.2 Å². The lowest BCUT2D eigenvalue weighted by Crippen LogP contribution is -2.24. The first-order chi connectivity index (χ1) is 16.4. The molecule has 2 heterocycles. The van der Waals surface area contributed by atoms with E-state index in [-0.39, 0.29) is 10.5 Å². The van der Waals surface area contributed by atoms with Crippen LogP contribution >= 0.6 is 11.8 Å². The summed E-state index contributed by atoms with van der Waals surface area (Å²) in [7, 11) is -3.75. The van der Waals surface area contributed by atoms with Gasteiger partial charge in [-0.2, -0.15) is 0 Å². The first kappa shape index (κ1) is 24.0. The molecular weight excluding hydrogens is 474 g/mol. The number of primary sulfonamides is 1. The Morgan fingerprint density at radius 3 is 2.56 bits per heavy atom. The van der Waals surface area contributed by atoms with Crippen molar-refractivity contribution in [2.24, 2.45) is 5.14 Å². The summed E-state index contributed by atoms with van der Waals surface area (Å²) in [5.74, 6) is 1.20. The maximum atomic E-state index is 13.3. The third-order valence-corrected chi connectivity index (χ3v) is 7.26. The van der Waals surface area contributed by atoms with Gasteiger partial charge in [0.1, 0.15) is 0 Å². The van der Waals surface area contributed by atoms with Gasteiger partial charge in [0, 0.05) is 13.1 Å². The highest BCUT2D eigenvalue weighted by molar-refractivity contribution is 7.98. The van der Waals surface area contributed by atoms with Crippen molar-refractivity contribution in [2.75, 3.05) is 0 Å². The Morgan fingerprint density at radius 1 is 1.06 bits per heavy atom. The lowest BCUT2D eigenvalue weighted by Gasteiger charge is -2.13. The normalized spacial score (nSPS) is 11.8. The van der Waals surface area contributed by atoms with E-state index in [0.29, 0.717) is 34.8 Å². The molecule has 2 N–H and O–H groups in total. The third kappa shape index (κ3) is 5.51. The van der Waals surface area contributed by atoms with Gasteiger partial charge in [-0.15, -0.1) is 5.10 Å². The fraction of sp³-hybridized carbons (Fsp3) is 0.318. The fourth-order valence-corrected chi connectivity index (χ4v) is 4.95. The minimum atomic E-state index is -3.75. The predicted octanol–water partition coefficient (Wildman–Crippen LogP) is 2.37. The molecule has 0 aliphatic carbocycles. The topological polar surface area (TPSA) is 139 Å². The molecule has 0 spiro atoms. The second kappa shape index (κ2) is 10.5. The summed E-state index contributed by atoms with van der Waals surface area (Å²) in [6.07, 6.45) is 2.54. The average molecular weight is 500 g/mol. The lowest BCUT2D eigenvalue weighted by atomic mass is 10.1. The van der Waals surface area contributed by atoms with Crippen LogP contribution in [0, 0.1) is 0 Å². The van der Waals surface area contributed by atoms with Crippen molar-refractivity contribution in [3.05, 3.63) is 70.3 Å². The number of rotatable bonds is 10. The van der Waals surface area contributed by atoms with Gasteiger partial charge in [0.2, 0.25) is 10.0 Å². The van der Waals surface area contributed by atoms with Gasteiger partial charge in [0.25, 0.3) is 5.56 Å². The molecule has 10 nitrogen and oxygen atoms in total. The Hall–Kier alpha value is -3.09. The molecule has 0 saturated heterocycles. The Balaban J connectivity index is 1.60. The number of benzene rings is 2. The Kier molecular flexibility index (Phi) is 7.39. The third-order valence-electron chi connectivity index (χ3n) is 5.36. The van der Waals surface area contributed by atoms with Crippen molar-refractivity contribution in [3.63, 3.8) is 0 Å². The zero-order valence-corrected chi connectivity index (χ0v) is 20.3. The van der Waals surface area contributed by atoms with Gasteiger partial charge in [-0.3, -0.25) is 9.36 Å². The molecule has 0 radical (unpaired) electrons. The summed E-state index contributed by atoms with van der Waals surface area (Å²) >= 11 is 1.42. The molecule has 0 saturated carbocycles. The SMILES string of the molecule is CCCCn1nnnc1CSc1nc2ccccc2c(=O)n1CCc1ccc(S(N)(=O)=O)cc1. The van der Waals surface area contributed by atoms with Crippen LogP contribution in [0.5, 0.6) is 0 Å². The Bertz CT molecular complexity index is 1450. The van der Waals surface area contributed by atoms with Crippen molar-refractivity contribution in [1.82, 2.24) is 29.8 Å². The number of unbranched alkanes of at least 4 members (excludes halogenated alkanes) is 1. The molecule has 0 unspecified atom stereocenters. The van der Waals surface area contributed by atoms with Crippen molar-refractivity contribution in [2.45, 2.75) is 55.1 Å². The summed E-state index contributed by atoms with van der Waals surface area (Å²) in [4.78, 5) is 18.1. The molecule has 178 valence electrons. The zero-order chi connectivity index (χ0) is 24.1. The highest BCUT2D eigenvalue weighted by Crippen LogP contribution is 2.22. The van der Waals surface area contributed by atoms with E-state index < -0.39 is 10.0 Å². The second-order valence-corrected chi connectivity index (χ2v) is 10.3. The number of hydrogen-bond donors (Lipinski definition) is 1. The van der Waals surface area contributed by atoms with Crippen LogP contribution in [-0.2, 0) is 35.3 Å². The highest BCUT2D eigenvalue weighted by atomic mass is 32.2. The van der Waals surface area contributed by atoms with E-state index in [2.05, 4.69) is 22.4 Å². The Labute approximate surface area is 201 Å². The number of nitrogens with two attached hydrogens (primary N) is 1. The number of para-hydroxylation sites is 1. The van der Waals surface area contributed by atoms with Gasteiger partial charge < -0.3 is 0 Å². The van der Waals surface area contributed by atoms with Crippen LogP contribution in [0.1, 0.15) is 31.2 Å². The van der Waals surface area contributed by atoms with E-state index in [1.54, 1.807) is 27.4 Å². The maximum absolute atomic E-state index is 13.3. The van der Waals surface area contributed by atoms with Crippen LogP contribution in [0.3, 0.4) is 0 Å². The van der Waals surface area contributed by atoms with Crippen LogP contribution in [-0.4, -0.2) is 38.2 Å². The monoisotopic (exact) mass is 499 g/mol. The molecule has 34 heavy (non-hydrogen) atoms. The predicted molar refractivity (Wildman–Crippen MR) is 130 cm³/mol. The highest BCUT2D eigenvalue weighted by Gasteiger charge is 2.14. The molecular formula is C22H25N7O3S2. The number of tetrazole rings is 1. The molecule has 0 amide bonds. The first-order valence-electron chi connectivity index (χ1n) is 10.9.